The highest BCUT2D eigenvalue weighted by Crippen LogP contribution is 2.19. The van der Waals surface area contributed by atoms with Gasteiger partial charge in [-0.15, -0.1) is 0 Å². The molecule has 0 bridgehead atoms. The fourth-order valence-corrected chi connectivity index (χ4v) is 5.01. The van der Waals surface area contributed by atoms with Crippen molar-refractivity contribution in [3.63, 3.8) is 0 Å². The summed E-state index contributed by atoms with van der Waals surface area (Å²) in [6, 6.07) is 20.0. The van der Waals surface area contributed by atoms with Crippen LogP contribution in [-0.2, 0) is 34.8 Å². The molecule has 1 heterocycles. The number of nitrogens with one attached hydrogen (secondary N) is 2. The molecule has 3 aromatic carbocycles. The van der Waals surface area contributed by atoms with E-state index >= 15 is 0 Å². The third kappa shape index (κ3) is 5.67. The summed E-state index contributed by atoms with van der Waals surface area (Å²) >= 11 is 0. The molecule has 10 heteroatoms. The molecule has 0 aliphatic carbocycles. The molecular weight excluding hydrogens is 480 g/mol. The highest BCUT2D eigenvalue weighted by Gasteiger charge is 2.27. The van der Waals surface area contributed by atoms with E-state index in [1.165, 1.54) is 29.8 Å². The smallest absolute Gasteiger partial charge is 0.408 e. The second-order valence-electron chi connectivity index (χ2n) is 8.70. The monoisotopic (exact) mass is 508 g/mol. The Morgan fingerprint density at radius 2 is 1.69 bits per heavy atom. The molecule has 1 amide bonds. The number of rotatable bonds is 9. The Morgan fingerprint density at radius 1 is 1.00 bits per heavy atom. The molecule has 2 N–H and O–H groups in total. The average molecular weight is 509 g/mol. The lowest BCUT2D eigenvalue weighted by Crippen LogP contribution is -2.47. The van der Waals surface area contributed by atoms with E-state index < -0.39 is 27.7 Å². The number of carbonyl (C=O) groups excluding carboxylic acids is 1. The zero-order chi connectivity index (χ0) is 25.9. The fraction of sp³-hybridized carbons (Fsp3) is 0.231. The number of fused-ring (bicyclic) bond motifs is 1. The number of aromatic nitrogens is 1. The van der Waals surface area contributed by atoms with E-state index in [-0.39, 0.29) is 23.4 Å². The number of anilines is 1. The maximum absolute atomic E-state index is 13.2. The van der Waals surface area contributed by atoms with Gasteiger partial charge in [0, 0.05) is 39.4 Å². The van der Waals surface area contributed by atoms with Crippen LogP contribution in [0, 0.1) is 0 Å². The van der Waals surface area contributed by atoms with Crippen molar-refractivity contribution in [3.8, 4) is 0 Å². The van der Waals surface area contributed by atoms with Crippen LogP contribution in [0.5, 0.6) is 0 Å². The summed E-state index contributed by atoms with van der Waals surface area (Å²) in [6.07, 6.45) is 0.161. The minimum absolute atomic E-state index is 0.102. The summed E-state index contributed by atoms with van der Waals surface area (Å²) in [5.74, 6) is -1.04. The minimum Gasteiger partial charge on any atom is -0.408 e. The van der Waals surface area contributed by atoms with Crippen molar-refractivity contribution in [2.24, 2.45) is 7.05 Å². The quantitative estimate of drug-likeness (QED) is 0.359. The second kappa shape index (κ2) is 10.4. The molecule has 0 saturated carbocycles. The number of benzene rings is 3. The molecule has 188 valence electrons. The molecule has 0 unspecified atom stereocenters. The van der Waals surface area contributed by atoms with Gasteiger partial charge < -0.3 is 14.6 Å². The largest absolute Gasteiger partial charge is 0.419 e. The van der Waals surface area contributed by atoms with E-state index in [0.29, 0.717) is 5.52 Å². The number of hydrogen-bond donors (Lipinski definition) is 2. The SMILES string of the molecule is CN(C)c1ccc(CNC(=O)[C@@H](Cc2ccccc2)NS(=O)(=O)c2ccc3c(c2)oc(=O)n3C)cc1. The number of oxazole rings is 1. The Hall–Kier alpha value is -3.89. The van der Waals surface area contributed by atoms with E-state index in [9.17, 15) is 18.0 Å². The van der Waals surface area contributed by atoms with E-state index in [1.54, 1.807) is 0 Å². The maximum Gasteiger partial charge on any atom is 0.419 e. The normalized spacial score (nSPS) is 12.4. The van der Waals surface area contributed by atoms with E-state index in [0.717, 1.165) is 16.8 Å². The van der Waals surface area contributed by atoms with Gasteiger partial charge in [0.05, 0.1) is 10.4 Å². The standard InChI is InChI=1S/C26H28N4O5S/c1-29(2)20-11-9-19(10-12-20)17-27-25(31)22(15-18-7-5-4-6-8-18)28-36(33,34)21-13-14-23-24(16-21)35-26(32)30(23)3/h4-14,16,22,28H,15,17H2,1-3H3,(H,27,31)/t22-/m1/s1. The van der Waals surface area contributed by atoms with Gasteiger partial charge in [0.1, 0.15) is 6.04 Å². The summed E-state index contributed by atoms with van der Waals surface area (Å²) in [5, 5.41) is 2.84. The minimum atomic E-state index is -4.11. The van der Waals surface area contributed by atoms with Gasteiger partial charge in [0.2, 0.25) is 15.9 Å². The first-order valence-electron chi connectivity index (χ1n) is 11.3. The van der Waals surface area contributed by atoms with Crippen LogP contribution in [0.4, 0.5) is 5.69 Å². The van der Waals surface area contributed by atoms with Gasteiger partial charge in [-0.3, -0.25) is 9.36 Å². The van der Waals surface area contributed by atoms with Gasteiger partial charge in [0.15, 0.2) is 5.58 Å². The van der Waals surface area contributed by atoms with Crippen LogP contribution in [0.1, 0.15) is 11.1 Å². The predicted molar refractivity (Wildman–Crippen MR) is 138 cm³/mol. The lowest BCUT2D eigenvalue weighted by Gasteiger charge is -2.19. The molecule has 36 heavy (non-hydrogen) atoms. The van der Waals surface area contributed by atoms with Crippen LogP contribution in [0.25, 0.3) is 11.1 Å². The Balaban J connectivity index is 1.55. The summed E-state index contributed by atoms with van der Waals surface area (Å²) in [4.78, 5) is 26.8. The van der Waals surface area contributed by atoms with Crippen molar-refractivity contribution in [1.29, 1.82) is 0 Å². The van der Waals surface area contributed by atoms with Gasteiger partial charge in [-0.1, -0.05) is 42.5 Å². The fourth-order valence-electron chi connectivity index (χ4n) is 3.80. The third-order valence-electron chi connectivity index (χ3n) is 5.89. The molecule has 0 saturated heterocycles. The van der Waals surface area contributed by atoms with Crippen molar-refractivity contribution >= 4 is 32.7 Å². The zero-order valence-electron chi connectivity index (χ0n) is 20.3. The molecular formula is C26H28N4O5S. The first-order chi connectivity index (χ1) is 17.1. The van der Waals surface area contributed by atoms with Crippen LogP contribution in [0.2, 0.25) is 0 Å². The van der Waals surface area contributed by atoms with Crippen LogP contribution in [-0.4, -0.2) is 39.0 Å². The molecule has 0 radical (unpaired) electrons. The maximum atomic E-state index is 13.2. The highest BCUT2D eigenvalue weighted by molar-refractivity contribution is 7.89. The third-order valence-corrected chi connectivity index (χ3v) is 7.36. The Labute approximate surface area is 209 Å². The highest BCUT2D eigenvalue weighted by atomic mass is 32.2. The first-order valence-corrected chi connectivity index (χ1v) is 12.8. The van der Waals surface area contributed by atoms with Crippen molar-refractivity contribution in [1.82, 2.24) is 14.6 Å². The Bertz CT molecular complexity index is 1520. The molecule has 1 atom stereocenters. The van der Waals surface area contributed by atoms with Gasteiger partial charge in [-0.05, 0) is 41.8 Å². The number of sulfonamides is 1. The Morgan fingerprint density at radius 3 is 2.36 bits per heavy atom. The van der Waals surface area contributed by atoms with Crippen LogP contribution in [0.15, 0.2) is 86.9 Å². The summed E-state index contributed by atoms with van der Waals surface area (Å²) in [6.45, 7) is 0.251. The molecule has 0 aliphatic heterocycles. The summed E-state index contributed by atoms with van der Waals surface area (Å²) in [7, 11) is 1.32. The second-order valence-corrected chi connectivity index (χ2v) is 10.4. The summed E-state index contributed by atoms with van der Waals surface area (Å²) < 4.78 is 35.4. The van der Waals surface area contributed by atoms with Gasteiger partial charge >= 0.3 is 5.76 Å². The van der Waals surface area contributed by atoms with Crippen molar-refractivity contribution < 1.29 is 17.6 Å². The number of amides is 1. The van der Waals surface area contributed by atoms with Crippen LogP contribution < -0.4 is 20.7 Å². The van der Waals surface area contributed by atoms with Crippen LogP contribution in [0.3, 0.4) is 0 Å². The average Bonchev–Trinajstić information content (AvgIpc) is 3.15. The van der Waals surface area contributed by atoms with Gasteiger partial charge in [-0.2, -0.15) is 4.72 Å². The zero-order valence-corrected chi connectivity index (χ0v) is 21.1. The van der Waals surface area contributed by atoms with Crippen molar-refractivity contribution in [2.45, 2.75) is 23.9 Å². The number of nitrogens with zero attached hydrogens (tertiary/aromatic N) is 2. The van der Waals surface area contributed by atoms with E-state index in [2.05, 4.69) is 10.0 Å². The predicted octanol–water partition coefficient (Wildman–Crippen LogP) is 2.40. The molecule has 4 rings (SSSR count). The van der Waals surface area contributed by atoms with Crippen LogP contribution >= 0.6 is 0 Å². The van der Waals surface area contributed by atoms with Gasteiger partial charge in [-0.25, -0.2) is 13.2 Å². The molecule has 4 aromatic rings. The Kier molecular flexibility index (Phi) is 7.27. The number of carbonyl (C=O) groups is 1. The van der Waals surface area contributed by atoms with Crippen molar-refractivity contribution in [2.75, 3.05) is 19.0 Å². The first kappa shape index (κ1) is 25.2. The molecule has 0 spiro atoms. The lowest BCUT2D eigenvalue weighted by molar-refractivity contribution is -0.122. The van der Waals surface area contributed by atoms with E-state index in [4.69, 9.17) is 4.42 Å². The molecule has 0 aliphatic rings. The number of hydrogen-bond acceptors (Lipinski definition) is 6. The molecule has 9 nitrogen and oxygen atoms in total. The molecule has 1 aromatic heterocycles. The van der Waals surface area contributed by atoms with E-state index in [1.807, 2.05) is 73.6 Å². The molecule has 0 fully saturated rings. The van der Waals surface area contributed by atoms with Crippen molar-refractivity contribution in [3.05, 3.63) is 94.5 Å². The van der Waals surface area contributed by atoms with Gasteiger partial charge in [0.25, 0.3) is 0 Å². The lowest BCUT2D eigenvalue weighted by atomic mass is 10.1. The number of aryl methyl sites for hydroxylation is 1. The summed E-state index contributed by atoms with van der Waals surface area (Å²) in [5.41, 5.74) is 3.35. The topological polar surface area (TPSA) is 114 Å².